The number of fused-ring (bicyclic) bond motifs is 5. The van der Waals surface area contributed by atoms with E-state index in [-0.39, 0.29) is 5.56 Å². The van der Waals surface area contributed by atoms with E-state index in [0.717, 1.165) is 40.4 Å². The normalized spacial score (nSPS) is 13.6. The minimum absolute atomic E-state index is 0.0400. The lowest BCUT2D eigenvalue weighted by Gasteiger charge is -2.13. The Labute approximate surface area is 163 Å². The van der Waals surface area contributed by atoms with Crippen molar-refractivity contribution in [3.63, 3.8) is 0 Å². The van der Waals surface area contributed by atoms with Crippen LogP contribution in [0.4, 0.5) is 0 Å². The van der Waals surface area contributed by atoms with E-state index in [2.05, 4.69) is 17.1 Å². The molecule has 4 aromatic rings. The molecule has 0 spiro atoms. The van der Waals surface area contributed by atoms with Gasteiger partial charge in [-0.2, -0.15) is 0 Å². The van der Waals surface area contributed by atoms with Crippen molar-refractivity contribution in [1.29, 1.82) is 0 Å². The number of ether oxygens (including phenoxy) is 1. The van der Waals surface area contributed by atoms with E-state index in [9.17, 15) is 4.79 Å². The van der Waals surface area contributed by atoms with E-state index in [1.807, 2.05) is 28.7 Å². The summed E-state index contributed by atoms with van der Waals surface area (Å²) in [6.45, 7) is 2.09. The lowest BCUT2D eigenvalue weighted by atomic mass is 10.2. The zero-order valence-electron chi connectivity index (χ0n) is 15.1. The molecule has 1 aliphatic rings. The first-order chi connectivity index (χ1) is 13.2. The number of rotatable bonds is 4. The predicted molar refractivity (Wildman–Crippen MR) is 109 cm³/mol. The van der Waals surface area contributed by atoms with Crippen molar-refractivity contribution in [3.05, 3.63) is 45.1 Å². The third kappa shape index (κ3) is 2.36. The maximum atomic E-state index is 13.6. The van der Waals surface area contributed by atoms with Crippen LogP contribution >= 0.6 is 23.1 Å². The average Bonchev–Trinajstić information content (AvgIpc) is 3.37. The van der Waals surface area contributed by atoms with Crippen molar-refractivity contribution in [2.24, 2.45) is 0 Å². The molecule has 1 aliphatic carbocycles. The van der Waals surface area contributed by atoms with Gasteiger partial charge in [-0.15, -0.1) is 21.5 Å². The van der Waals surface area contributed by atoms with Gasteiger partial charge in [-0.25, -0.2) is 8.97 Å². The topological polar surface area (TPSA) is 61.4 Å². The second-order valence-corrected chi connectivity index (χ2v) is 8.72. The van der Waals surface area contributed by atoms with Gasteiger partial charge >= 0.3 is 0 Å². The summed E-state index contributed by atoms with van der Waals surface area (Å²) in [6.07, 6.45) is 3.12. The van der Waals surface area contributed by atoms with Crippen LogP contribution in [0.25, 0.3) is 21.7 Å². The summed E-state index contributed by atoms with van der Waals surface area (Å²) >= 11 is 3.35. The van der Waals surface area contributed by atoms with Gasteiger partial charge in [0.15, 0.2) is 5.16 Å². The first-order valence-corrected chi connectivity index (χ1v) is 10.8. The van der Waals surface area contributed by atoms with E-state index >= 15 is 0 Å². The molecule has 27 heavy (non-hydrogen) atoms. The fourth-order valence-electron chi connectivity index (χ4n) is 3.81. The van der Waals surface area contributed by atoms with Crippen LogP contribution < -0.4 is 10.3 Å². The molecule has 0 radical (unpaired) electrons. The molecule has 0 unspecified atom stereocenters. The highest BCUT2D eigenvalue weighted by atomic mass is 32.2. The molecule has 3 aromatic heterocycles. The molecule has 0 bridgehead atoms. The number of hydrogen-bond donors (Lipinski definition) is 0. The first-order valence-electron chi connectivity index (χ1n) is 8.95. The van der Waals surface area contributed by atoms with Gasteiger partial charge in [0.05, 0.1) is 18.2 Å². The molecule has 1 aromatic carbocycles. The smallest absolute Gasteiger partial charge is 0.268 e. The molecule has 0 amide bonds. The van der Waals surface area contributed by atoms with Gasteiger partial charge in [-0.3, -0.25) is 4.79 Å². The van der Waals surface area contributed by atoms with Crippen LogP contribution in [0.15, 0.2) is 34.2 Å². The number of hydrogen-bond acceptors (Lipinski definition) is 6. The Morgan fingerprint density at radius 3 is 2.93 bits per heavy atom. The van der Waals surface area contributed by atoms with Gasteiger partial charge in [0.25, 0.3) is 5.56 Å². The monoisotopic (exact) mass is 398 g/mol. The highest BCUT2D eigenvalue weighted by Crippen LogP contribution is 2.37. The minimum Gasteiger partial charge on any atom is -0.495 e. The molecule has 0 atom stereocenters. The van der Waals surface area contributed by atoms with Crippen LogP contribution in [0.1, 0.15) is 23.8 Å². The van der Waals surface area contributed by atoms with Crippen LogP contribution in [0.3, 0.4) is 0 Å². The molecular formula is C19H18N4O2S2. The van der Waals surface area contributed by atoms with Gasteiger partial charge in [-0.1, -0.05) is 30.8 Å². The highest BCUT2D eigenvalue weighted by molar-refractivity contribution is 7.99. The minimum atomic E-state index is -0.0400. The van der Waals surface area contributed by atoms with E-state index in [0.29, 0.717) is 17.2 Å². The summed E-state index contributed by atoms with van der Waals surface area (Å²) in [5.41, 5.74) is 1.85. The van der Waals surface area contributed by atoms with E-state index in [1.54, 1.807) is 34.8 Å². The molecule has 0 aliphatic heterocycles. The number of thioether (sulfide) groups is 1. The molecule has 138 valence electrons. The summed E-state index contributed by atoms with van der Waals surface area (Å²) in [4.78, 5) is 15.9. The Hall–Kier alpha value is -2.32. The van der Waals surface area contributed by atoms with Crippen molar-refractivity contribution in [3.8, 4) is 11.4 Å². The van der Waals surface area contributed by atoms with E-state index in [4.69, 9.17) is 4.74 Å². The summed E-state index contributed by atoms with van der Waals surface area (Å²) < 4.78 is 9.22. The Kier molecular flexibility index (Phi) is 3.98. The average molecular weight is 399 g/mol. The Bertz CT molecular complexity index is 1240. The second-order valence-electron chi connectivity index (χ2n) is 6.40. The summed E-state index contributed by atoms with van der Waals surface area (Å²) in [5.74, 6) is 2.06. The SMILES string of the molecule is CCSc1nnc2n(-c3ccccc3OC)c(=O)c3c4c(sc3n12)CCC4. The highest BCUT2D eigenvalue weighted by Gasteiger charge is 2.26. The molecule has 3 heterocycles. The first kappa shape index (κ1) is 16.8. The maximum Gasteiger partial charge on any atom is 0.268 e. The van der Waals surface area contributed by atoms with Crippen LogP contribution in [-0.4, -0.2) is 32.0 Å². The van der Waals surface area contributed by atoms with Crippen LogP contribution in [0.5, 0.6) is 5.75 Å². The summed E-state index contributed by atoms with van der Waals surface area (Å²) in [6, 6.07) is 7.55. The van der Waals surface area contributed by atoms with Crippen LogP contribution in [-0.2, 0) is 12.8 Å². The van der Waals surface area contributed by atoms with Crippen LogP contribution in [0, 0.1) is 0 Å². The second kappa shape index (κ2) is 6.38. The van der Waals surface area contributed by atoms with Crippen LogP contribution in [0.2, 0.25) is 0 Å². The third-order valence-corrected chi connectivity index (χ3v) is 7.03. The third-order valence-electron chi connectivity index (χ3n) is 4.94. The lowest BCUT2D eigenvalue weighted by molar-refractivity contribution is 0.413. The van der Waals surface area contributed by atoms with Crippen molar-refractivity contribution in [2.75, 3.05) is 12.9 Å². The fraction of sp³-hybridized carbons (Fsp3) is 0.316. The number of benzene rings is 1. The van der Waals surface area contributed by atoms with Gasteiger partial charge < -0.3 is 4.74 Å². The van der Waals surface area contributed by atoms with Crippen molar-refractivity contribution >= 4 is 39.1 Å². The Morgan fingerprint density at radius 2 is 2.11 bits per heavy atom. The molecule has 6 nitrogen and oxygen atoms in total. The Morgan fingerprint density at radius 1 is 1.26 bits per heavy atom. The number of para-hydroxylation sites is 2. The van der Waals surface area contributed by atoms with E-state index in [1.165, 1.54) is 10.4 Å². The van der Waals surface area contributed by atoms with Crippen molar-refractivity contribution < 1.29 is 4.74 Å². The molecule has 5 rings (SSSR count). The lowest BCUT2D eigenvalue weighted by Crippen LogP contribution is -2.22. The molecule has 0 saturated carbocycles. The zero-order chi connectivity index (χ0) is 18.5. The molecule has 0 fully saturated rings. The Balaban J connectivity index is 1.98. The maximum absolute atomic E-state index is 13.6. The molecule has 0 saturated heterocycles. The van der Waals surface area contributed by atoms with Gasteiger partial charge in [-0.05, 0) is 42.7 Å². The largest absolute Gasteiger partial charge is 0.495 e. The van der Waals surface area contributed by atoms with Crippen molar-refractivity contribution in [1.82, 2.24) is 19.2 Å². The summed E-state index contributed by atoms with van der Waals surface area (Å²) in [7, 11) is 1.62. The molecule has 8 heteroatoms. The molecule has 0 N–H and O–H groups in total. The number of thiophene rings is 1. The quantitative estimate of drug-likeness (QED) is 0.491. The predicted octanol–water partition coefficient (Wildman–Crippen LogP) is 3.70. The van der Waals surface area contributed by atoms with Gasteiger partial charge in [0, 0.05) is 4.88 Å². The fourth-order valence-corrected chi connectivity index (χ4v) is 5.91. The number of aryl methyl sites for hydroxylation is 2. The van der Waals surface area contributed by atoms with Crippen molar-refractivity contribution in [2.45, 2.75) is 31.3 Å². The number of aromatic nitrogens is 4. The van der Waals surface area contributed by atoms with Gasteiger partial charge in [0.1, 0.15) is 10.6 Å². The number of methoxy groups -OCH3 is 1. The van der Waals surface area contributed by atoms with Gasteiger partial charge in [0.2, 0.25) is 5.78 Å². The zero-order valence-corrected chi connectivity index (χ0v) is 16.7. The van der Waals surface area contributed by atoms with E-state index < -0.39 is 0 Å². The molecular weight excluding hydrogens is 380 g/mol. The number of nitrogens with zero attached hydrogens (tertiary/aromatic N) is 4. The standard InChI is InChI=1S/C19H18N4O2S2/c1-3-26-19-21-20-18-22(12-8-4-5-9-13(12)25-2)16(24)15-11-7-6-10-14(11)27-17(15)23(18)19/h4-5,8-9H,3,6-7,10H2,1-2H3. The summed E-state index contributed by atoms with van der Waals surface area (Å²) in [5, 5.41) is 10.4.